The number of hydrogen-bond acceptors (Lipinski definition) is 3. The summed E-state index contributed by atoms with van der Waals surface area (Å²) in [5.74, 6) is 2.91. The molecule has 3 nitrogen and oxygen atoms in total. The van der Waals surface area contributed by atoms with E-state index in [1.807, 2.05) is 0 Å². The van der Waals surface area contributed by atoms with Gasteiger partial charge in [0, 0.05) is 24.7 Å². The lowest BCUT2D eigenvalue weighted by molar-refractivity contribution is 0.273. The van der Waals surface area contributed by atoms with Crippen molar-refractivity contribution in [2.75, 3.05) is 13.6 Å². The molecule has 108 valence electrons. The van der Waals surface area contributed by atoms with Gasteiger partial charge in [-0.1, -0.05) is 20.3 Å². The van der Waals surface area contributed by atoms with Gasteiger partial charge < -0.3 is 14.6 Å². The van der Waals surface area contributed by atoms with Crippen LogP contribution in [0.5, 0.6) is 0 Å². The van der Waals surface area contributed by atoms with Gasteiger partial charge >= 0.3 is 0 Å². The highest BCUT2D eigenvalue weighted by Gasteiger charge is 2.21. The first-order valence-electron chi connectivity index (χ1n) is 7.58. The summed E-state index contributed by atoms with van der Waals surface area (Å²) >= 11 is 0. The van der Waals surface area contributed by atoms with E-state index in [2.05, 4.69) is 44.1 Å². The third-order valence-corrected chi connectivity index (χ3v) is 3.97. The summed E-state index contributed by atoms with van der Waals surface area (Å²) in [6.07, 6.45) is 3.89. The van der Waals surface area contributed by atoms with Crippen molar-refractivity contribution in [2.45, 2.75) is 59.2 Å². The van der Waals surface area contributed by atoms with Gasteiger partial charge in [-0.2, -0.15) is 0 Å². The lowest BCUT2D eigenvalue weighted by atomic mass is 10.1. The first kappa shape index (κ1) is 14.6. The second-order valence-electron chi connectivity index (χ2n) is 6.16. The topological polar surface area (TPSA) is 28.4 Å². The fourth-order valence-corrected chi connectivity index (χ4v) is 2.38. The van der Waals surface area contributed by atoms with Crippen molar-refractivity contribution >= 4 is 0 Å². The average Bonchev–Trinajstić information content (AvgIpc) is 3.13. The molecule has 3 heteroatoms. The van der Waals surface area contributed by atoms with E-state index in [0.717, 1.165) is 43.1 Å². The first-order chi connectivity index (χ1) is 9.08. The molecule has 0 aliphatic heterocycles. The molecule has 0 aromatic carbocycles. The van der Waals surface area contributed by atoms with Crippen molar-refractivity contribution in [3.63, 3.8) is 0 Å². The molecule has 1 fully saturated rings. The van der Waals surface area contributed by atoms with Crippen LogP contribution in [0.4, 0.5) is 0 Å². The van der Waals surface area contributed by atoms with Gasteiger partial charge in [0.15, 0.2) is 0 Å². The Morgan fingerprint density at radius 1 is 1.47 bits per heavy atom. The summed E-state index contributed by atoms with van der Waals surface area (Å²) < 4.78 is 5.84. The zero-order chi connectivity index (χ0) is 13.8. The molecular formula is C16H28N2O. The molecule has 0 radical (unpaired) electrons. The van der Waals surface area contributed by atoms with Crippen LogP contribution in [-0.2, 0) is 13.1 Å². The Kier molecular flexibility index (Phi) is 5.06. The zero-order valence-electron chi connectivity index (χ0n) is 12.8. The Labute approximate surface area is 117 Å². The standard InChI is InChI=1S/C16H28N2O/c1-5-12(2)10-18(4)11-14-8-16(19-13(14)3)9-17-15-6-7-15/h8,12,15,17H,5-7,9-11H2,1-4H3. The predicted molar refractivity (Wildman–Crippen MR) is 79.1 cm³/mol. The van der Waals surface area contributed by atoms with Crippen molar-refractivity contribution in [2.24, 2.45) is 5.92 Å². The molecule has 0 bridgehead atoms. The largest absolute Gasteiger partial charge is 0.465 e. The summed E-state index contributed by atoms with van der Waals surface area (Å²) in [6, 6.07) is 2.96. The monoisotopic (exact) mass is 264 g/mol. The maximum atomic E-state index is 5.84. The average molecular weight is 264 g/mol. The molecule has 1 heterocycles. The molecule has 1 aromatic heterocycles. The molecule has 1 atom stereocenters. The van der Waals surface area contributed by atoms with Gasteiger partial charge in [-0.3, -0.25) is 0 Å². The number of furan rings is 1. The smallest absolute Gasteiger partial charge is 0.118 e. The maximum Gasteiger partial charge on any atom is 0.118 e. The minimum atomic E-state index is 0.738. The third-order valence-electron chi connectivity index (χ3n) is 3.97. The zero-order valence-corrected chi connectivity index (χ0v) is 12.8. The van der Waals surface area contributed by atoms with Crippen LogP contribution in [-0.4, -0.2) is 24.5 Å². The van der Waals surface area contributed by atoms with E-state index in [4.69, 9.17) is 4.42 Å². The number of rotatable bonds is 8. The Bertz CT molecular complexity index is 395. The second-order valence-corrected chi connectivity index (χ2v) is 6.16. The molecular weight excluding hydrogens is 236 g/mol. The molecule has 0 spiro atoms. The SMILES string of the molecule is CCC(C)CN(C)Cc1cc(CNC2CC2)oc1C. The van der Waals surface area contributed by atoms with Crippen molar-refractivity contribution in [3.8, 4) is 0 Å². The van der Waals surface area contributed by atoms with E-state index in [-0.39, 0.29) is 0 Å². The Morgan fingerprint density at radius 2 is 2.21 bits per heavy atom. The molecule has 1 aliphatic rings. The highest BCUT2D eigenvalue weighted by atomic mass is 16.3. The van der Waals surface area contributed by atoms with E-state index in [9.17, 15) is 0 Å². The molecule has 1 N–H and O–H groups in total. The van der Waals surface area contributed by atoms with Crippen molar-refractivity contribution in [3.05, 3.63) is 23.2 Å². The molecule has 1 saturated carbocycles. The highest BCUT2D eigenvalue weighted by molar-refractivity contribution is 5.20. The Balaban J connectivity index is 1.84. The Hall–Kier alpha value is -0.800. The van der Waals surface area contributed by atoms with Gasteiger partial charge in [-0.25, -0.2) is 0 Å². The van der Waals surface area contributed by atoms with Gasteiger partial charge in [0.1, 0.15) is 11.5 Å². The predicted octanol–water partition coefficient (Wildman–Crippen LogP) is 3.32. The maximum absolute atomic E-state index is 5.84. The van der Waals surface area contributed by atoms with Crippen LogP contribution < -0.4 is 5.32 Å². The van der Waals surface area contributed by atoms with Gasteiger partial charge in [0.05, 0.1) is 6.54 Å². The van der Waals surface area contributed by atoms with Crippen LogP contribution in [0, 0.1) is 12.8 Å². The minimum absolute atomic E-state index is 0.738. The number of nitrogens with one attached hydrogen (secondary N) is 1. The minimum Gasteiger partial charge on any atom is -0.465 e. The Morgan fingerprint density at radius 3 is 2.84 bits per heavy atom. The molecule has 1 aliphatic carbocycles. The normalized spacial score (nSPS) is 17.1. The van der Waals surface area contributed by atoms with Gasteiger partial charge in [0.25, 0.3) is 0 Å². The summed E-state index contributed by atoms with van der Waals surface area (Å²) in [4.78, 5) is 2.39. The molecule has 0 amide bonds. The van der Waals surface area contributed by atoms with Gasteiger partial charge in [0.2, 0.25) is 0 Å². The summed E-state index contributed by atoms with van der Waals surface area (Å²) in [5, 5.41) is 3.50. The van der Waals surface area contributed by atoms with Gasteiger partial charge in [-0.05, 0) is 38.8 Å². The molecule has 0 saturated heterocycles. The fraction of sp³-hybridized carbons (Fsp3) is 0.750. The van der Waals surface area contributed by atoms with Crippen LogP contribution in [0.3, 0.4) is 0 Å². The number of nitrogens with zero attached hydrogens (tertiary/aromatic N) is 1. The van der Waals surface area contributed by atoms with Gasteiger partial charge in [-0.15, -0.1) is 0 Å². The lowest BCUT2D eigenvalue weighted by Crippen LogP contribution is -2.23. The summed E-state index contributed by atoms with van der Waals surface area (Å²) in [7, 11) is 2.20. The van der Waals surface area contributed by atoms with E-state index in [1.165, 1.54) is 24.8 Å². The molecule has 2 rings (SSSR count). The van der Waals surface area contributed by atoms with E-state index in [1.54, 1.807) is 0 Å². The van der Waals surface area contributed by atoms with Crippen LogP contribution in [0.1, 0.15) is 50.2 Å². The summed E-state index contributed by atoms with van der Waals surface area (Å²) in [6.45, 7) is 9.65. The highest BCUT2D eigenvalue weighted by Crippen LogP contribution is 2.21. The van der Waals surface area contributed by atoms with Crippen molar-refractivity contribution in [1.29, 1.82) is 0 Å². The lowest BCUT2D eigenvalue weighted by Gasteiger charge is -2.19. The molecule has 1 aromatic rings. The number of hydrogen-bond donors (Lipinski definition) is 1. The van der Waals surface area contributed by atoms with Crippen LogP contribution in [0.15, 0.2) is 10.5 Å². The molecule has 1 unspecified atom stereocenters. The van der Waals surface area contributed by atoms with Crippen molar-refractivity contribution in [1.82, 2.24) is 10.2 Å². The van der Waals surface area contributed by atoms with E-state index in [0.29, 0.717) is 0 Å². The van der Waals surface area contributed by atoms with Crippen LogP contribution in [0.25, 0.3) is 0 Å². The van der Waals surface area contributed by atoms with E-state index < -0.39 is 0 Å². The fourth-order valence-electron chi connectivity index (χ4n) is 2.38. The molecule has 19 heavy (non-hydrogen) atoms. The third kappa shape index (κ3) is 4.66. The van der Waals surface area contributed by atoms with Crippen LogP contribution in [0.2, 0.25) is 0 Å². The first-order valence-corrected chi connectivity index (χ1v) is 7.58. The number of aryl methyl sites for hydroxylation is 1. The summed E-state index contributed by atoms with van der Waals surface area (Å²) in [5.41, 5.74) is 1.33. The van der Waals surface area contributed by atoms with Crippen molar-refractivity contribution < 1.29 is 4.42 Å². The van der Waals surface area contributed by atoms with E-state index >= 15 is 0 Å². The van der Waals surface area contributed by atoms with Crippen LogP contribution >= 0.6 is 0 Å². The quantitative estimate of drug-likeness (QED) is 0.781. The second kappa shape index (κ2) is 6.58.